The molecule has 0 N–H and O–H groups in total. The summed E-state index contributed by atoms with van der Waals surface area (Å²) in [7, 11) is 0. The zero-order valence-electron chi connectivity index (χ0n) is 11.7. The fourth-order valence-corrected chi connectivity index (χ4v) is 3.07. The molecule has 0 bridgehead atoms. The van der Waals surface area contributed by atoms with Gasteiger partial charge in [0.1, 0.15) is 6.07 Å². The summed E-state index contributed by atoms with van der Waals surface area (Å²) in [6.07, 6.45) is 0.932. The van der Waals surface area contributed by atoms with Crippen molar-refractivity contribution in [3.05, 3.63) is 29.3 Å². The van der Waals surface area contributed by atoms with Crippen LogP contribution in [0.1, 0.15) is 12.0 Å². The molecule has 6 heteroatoms. The van der Waals surface area contributed by atoms with Crippen LogP contribution in [0.2, 0.25) is 0 Å². The highest BCUT2D eigenvalue weighted by Gasteiger charge is 2.30. The van der Waals surface area contributed by atoms with Gasteiger partial charge >= 0.3 is 0 Å². The molecule has 4 nitrogen and oxygen atoms in total. The second-order valence-electron chi connectivity index (χ2n) is 5.41. The van der Waals surface area contributed by atoms with Crippen molar-refractivity contribution in [3.63, 3.8) is 0 Å². The van der Waals surface area contributed by atoms with Gasteiger partial charge in [-0.25, -0.2) is 8.78 Å². The van der Waals surface area contributed by atoms with E-state index in [-0.39, 0.29) is 11.3 Å². The Kier molecular flexibility index (Phi) is 4.04. The molecule has 3 rings (SSSR count). The van der Waals surface area contributed by atoms with Crippen LogP contribution in [0, 0.1) is 23.0 Å². The van der Waals surface area contributed by atoms with Crippen LogP contribution in [0.25, 0.3) is 0 Å². The first kappa shape index (κ1) is 14.2. The first-order valence-electron chi connectivity index (χ1n) is 7.15. The number of anilines is 1. The first-order chi connectivity index (χ1) is 10.2. The van der Waals surface area contributed by atoms with Crippen LogP contribution in [-0.2, 0) is 4.74 Å². The Bertz CT molecular complexity index is 567. The standard InChI is InChI=1S/C15H17F2N3O/c16-14-11(9-18)1-2-13(15(14)17)20-4-3-12(10-20)19-5-7-21-8-6-19/h1-2,12H,3-8,10H2. The average molecular weight is 293 g/mol. The van der Waals surface area contributed by atoms with Crippen molar-refractivity contribution >= 4 is 5.69 Å². The molecule has 21 heavy (non-hydrogen) atoms. The summed E-state index contributed by atoms with van der Waals surface area (Å²) in [5, 5.41) is 8.72. The number of rotatable bonds is 2. The lowest BCUT2D eigenvalue weighted by molar-refractivity contribution is 0.0209. The van der Waals surface area contributed by atoms with Crippen LogP contribution < -0.4 is 4.90 Å². The number of benzene rings is 1. The van der Waals surface area contributed by atoms with E-state index in [1.54, 1.807) is 6.07 Å². The van der Waals surface area contributed by atoms with Gasteiger partial charge < -0.3 is 9.64 Å². The zero-order valence-corrected chi connectivity index (χ0v) is 11.7. The third kappa shape index (κ3) is 2.71. The predicted octanol–water partition coefficient (Wildman–Crippen LogP) is 1.75. The second-order valence-corrected chi connectivity index (χ2v) is 5.41. The van der Waals surface area contributed by atoms with Gasteiger partial charge in [-0.15, -0.1) is 0 Å². The van der Waals surface area contributed by atoms with Gasteiger partial charge in [-0.3, -0.25) is 4.90 Å². The highest BCUT2D eigenvalue weighted by molar-refractivity contribution is 5.53. The van der Waals surface area contributed by atoms with Gasteiger partial charge in [0.2, 0.25) is 0 Å². The molecule has 1 unspecified atom stereocenters. The number of nitrogens with zero attached hydrogens (tertiary/aromatic N) is 3. The van der Waals surface area contributed by atoms with Gasteiger partial charge in [-0.2, -0.15) is 5.26 Å². The molecule has 0 spiro atoms. The van der Waals surface area contributed by atoms with E-state index >= 15 is 0 Å². The average Bonchev–Trinajstić information content (AvgIpc) is 3.00. The normalized spacial score (nSPS) is 23.3. The van der Waals surface area contributed by atoms with E-state index in [1.165, 1.54) is 12.1 Å². The highest BCUT2D eigenvalue weighted by atomic mass is 19.2. The minimum atomic E-state index is -1.05. The highest BCUT2D eigenvalue weighted by Crippen LogP contribution is 2.28. The summed E-state index contributed by atoms with van der Waals surface area (Å²) in [5.74, 6) is -1.97. The third-order valence-electron chi connectivity index (χ3n) is 4.25. The molecule has 0 aliphatic carbocycles. The number of nitriles is 1. The number of hydrogen-bond acceptors (Lipinski definition) is 4. The van der Waals surface area contributed by atoms with E-state index in [4.69, 9.17) is 10.00 Å². The lowest BCUT2D eigenvalue weighted by Crippen LogP contribution is -2.44. The quantitative estimate of drug-likeness (QED) is 0.833. The van der Waals surface area contributed by atoms with Crippen LogP contribution in [0.15, 0.2) is 12.1 Å². The minimum absolute atomic E-state index is 0.250. The molecule has 2 aliphatic rings. The van der Waals surface area contributed by atoms with Crippen LogP contribution in [0.4, 0.5) is 14.5 Å². The van der Waals surface area contributed by atoms with Gasteiger partial charge in [-0.05, 0) is 18.6 Å². The number of halogens is 2. The first-order valence-corrected chi connectivity index (χ1v) is 7.15. The molecule has 0 saturated carbocycles. The van der Waals surface area contributed by atoms with E-state index in [9.17, 15) is 8.78 Å². The van der Waals surface area contributed by atoms with Crippen molar-refractivity contribution in [1.82, 2.24) is 4.90 Å². The van der Waals surface area contributed by atoms with E-state index in [2.05, 4.69) is 4.90 Å². The van der Waals surface area contributed by atoms with Crippen molar-refractivity contribution in [1.29, 1.82) is 5.26 Å². The zero-order chi connectivity index (χ0) is 14.8. The maximum absolute atomic E-state index is 14.1. The van der Waals surface area contributed by atoms with Crippen LogP contribution in [-0.4, -0.2) is 50.3 Å². The summed E-state index contributed by atoms with van der Waals surface area (Å²) >= 11 is 0. The van der Waals surface area contributed by atoms with Gasteiger partial charge in [0.05, 0.1) is 24.5 Å². The molecule has 1 aromatic rings. The Balaban J connectivity index is 1.74. The van der Waals surface area contributed by atoms with E-state index < -0.39 is 11.6 Å². The molecule has 2 fully saturated rings. The smallest absolute Gasteiger partial charge is 0.183 e. The maximum Gasteiger partial charge on any atom is 0.183 e. The summed E-state index contributed by atoms with van der Waals surface area (Å²) < 4.78 is 33.1. The SMILES string of the molecule is N#Cc1ccc(N2CCC(N3CCOCC3)C2)c(F)c1F. The lowest BCUT2D eigenvalue weighted by Gasteiger charge is -2.32. The van der Waals surface area contributed by atoms with Crippen molar-refractivity contribution in [2.45, 2.75) is 12.5 Å². The fraction of sp³-hybridized carbons (Fsp3) is 0.533. The van der Waals surface area contributed by atoms with Crippen LogP contribution >= 0.6 is 0 Å². The maximum atomic E-state index is 14.1. The fourth-order valence-electron chi connectivity index (χ4n) is 3.07. The number of ether oxygens (including phenoxy) is 1. The molecule has 1 aromatic carbocycles. The van der Waals surface area contributed by atoms with Crippen molar-refractivity contribution in [3.8, 4) is 6.07 Å². The van der Waals surface area contributed by atoms with Crippen molar-refractivity contribution in [2.24, 2.45) is 0 Å². The second kappa shape index (κ2) is 5.96. The number of hydrogen-bond donors (Lipinski definition) is 0. The summed E-state index contributed by atoms with van der Waals surface area (Å²) in [6.45, 7) is 4.63. The van der Waals surface area contributed by atoms with Gasteiger partial charge in [0.15, 0.2) is 11.6 Å². The van der Waals surface area contributed by atoms with Crippen molar-refractivity contribution < 1.29 is 13.5 Å². The largest absolute Gasteiger partial charge is 0.379 e. The monoisotopic (exact) mass is 293 g/mol. The minimum Gasteiger partial charge on any atom is -0.379 e. The molecule has 1 atom stereocenters. The third-order valence-corrected chi connectivity index (χ3v) is 4.25. The topological polar surface area (TPSA) is 39.5 Å². The Morgan fingerprint density at radius 2 is 1.90 bits per heavy atom. The Morgan fingerprint density at radius 3 is 2.62 bits per heavy atom. The summed E-state index contributed by atoms with van der Waals surface area (Å²) in [5.41, 5.74) is 0.00226. The summed E-state index contributed by atoms with van der Waals surface area (Å²) in [6, 6.07) is 4.85. The van der Waals surface area contributed by atoms with E-state index in [0.29, 0.717) is 19.1 Å². The van der Waals surface area contributed by atoms with Gasteiger partial charge in [-0.1, -0.05) is 0 Å². The Hall–Kier alpha value is -1.71. The molecule has 112 valence electrons. The molecule has 0 amide bonds. The molecule has 0 aromatic heterocycles. The lowest BCUT2D eigenvalue weighted by atomic mass is 10.2. The van der Waals surface area contributed by atoms with E-state index in [1.807, 2.05) is 4.90 Å². The molecule has 0 radical (unpaired) electrons. The number of morpholine rings is 1. The molecular weight excluding hydrogens is 276 g/mol. The molecule has 2 saturated heterocycles. The van der Waals surface area contributed by atoms with Crippen molar-refractivity contribution in [2.75, 3.05) is 44.3 Å². The molecular formula is C15H17F2N3O. The van der Waals surface area contributed by atoms with Crippen LogP contribution in [0.5, 0.6) is 0 Å². The Morgan fingerprint density at radius 1 is 1.14 bits per heavy atom. The molecule has 2 heterocycles. The van der Waals surface area contributed by atoms with Crippen LogP contribution in [0.3, 0.4) is 0 Å². The van der Waals surface area contributed by atoms with Gasteiger partial charge in [0.25, 0.3) is 0 Å². The Labute approximate surface area is 122 Å². The predicted molar refractivity (Wildman–Crippen MR) is 74.1 cm³/mol. The van der Waals surface area contributed by atoms with Gasteiger partial charge in [0, 0.05) is 32.2 Å². The van der Waals surface area contributed by atoms with E-state index in [0.717, 1.165) is 32.7 Å². The molecule has 2 aliphatic heterocycles. The summed E-state index contributed by atoms with van der Waals surface area (Å²) in [4.78, 5) is 4.21.